The van der Waals surface area contributed by atoms with Crippen molar-refractivity contribution in [1.29, 1.82) is 0 Å². The van der Waals surface area contributed by atoms with Crippen molar-refractivity contribution in [2.75, 3.05) is 12.4 Å². The first-order chi connectivity index (χ1) is 21.5. The number of carbonyl (C=O) groups excluding carboxylic acids is 2. The van der Waals surface area contributed by atoms with E-state index in [1.165, 1.54) is 29.8 Å². The molecule has 0 aliphatic carbocycles. The van der Waals surface area contributed by atoms with Crippen LogP contribution in [0, 0.1) is 0 Å². The number of hydrogen-bond acceptors (Lipinski definition) is 6. The number of aromatic nitrogens is 2. The van der Waals surface area contributed by atoms with Crippen LogP contribution in [-0.4, -0.2) is 46.0 Å². The van der Waals surface area contributed by atoms with Crippen molar-refractivity contribution in [1.82, 2.24) is 19.8 Å². The van der Waals surface area contributed by atoms with Gasteiger partial charge in [-0.25, -0.2) is 9.55 Å². The Labute approximate surface area is 267 Å². The third kappa shape index (κ3) is 6.79. The Kier molecular flexibility index (Phi) is 9.40. The summed E-state index contributed by atoms with van der Waals surface area (Å²) in [6.07, 6.45) is 0.256. The predicted molar refractivity (Wildman–Crippen MR) is 168 cm³/mol. The molecule has 1 aliphatic heterocycles. The second-order valence-electron chi connectivity index (χ2n) is 10.6. The smallest absolute Gasteiger partial charge is 0.387 e. The van der Waals surface area contributed by atoms with Crippen LogP contribution in [0.1, 0.15) is 57.4 Å². The highest BCUT2D eigenvalue weighted by atomic mass is 35.5. The number of fused-ring (bicyclic) bond motifs is 1. The number of halogens is 4. The van der Waals surface area contributed by atoms with Crippen LogP contribution in [0.4, 0.5) is 14.7 Å². The summed E-state index contributed by atoms with van der Waals surface area (Å²) in [6.45, 7) is 0.816. The van der Waals surface area contributed by atoms with Crippen molar-refractivity contribution < 1.29 is 23.1 Å². The number of ether oxygens (including phenoxy) is 1. The minimum absolute atomic E-state index is 0.0156. The topological polar surface area (TPSA) is 106 Å². The van der Waals surface area contributed by atoms with Gasteiger partial charge in [0.2, 0.25) is 5.95 Å². The van der Waals surface area contributed by atoms with Gasteiger partial charge in [-0.3, -0.25) is 14.4 Å². The van der Waals surface area contributed by atoms with Gasteiger partial charge >= 0.3 is 6.61 Å². The molecule has 3 aromatic carbocycles. The number of nitrogens with zero attached hydrogens (tertiary/aromatic N) is 3. The molecule has 1 aliphatic rings. The second-order valence-corrected chi connectivity index (χ2v) is 11.4. The fourth-order valence-electron chi connectivity index (χ4n) is 5.18. The van der Waals surface area contributed by atoms with E-state index in [1.807, 2.05) is 13.8 Å². The molecule has 1 aromatic heterocycles. The van der Waals surface area contributed by atoms with Crippen molar-refractivity contribution in [2.45, 2.75) is 45.5 Å². The van der Waals surface area contributed by atoms with E-state index in [2.05, 4.69) is 15.4 Å². The summed E-state index contributed by atoms with van der Waals surface area (Å²) in [5.41, 5.74) is 2.53. The molecule has 9 nitrogen and oxygen atoms in total. The zero-order valence-corrected chi connectivity index (χ0v) is 26.0. The van der Waals surface area contributed by atoms with Crippen molar-refractivity contribution in [3.8, 4) is 11.4 Å². The van der Waals surface area contributed by atoms with Gasteiger partial charge in [-0.2, -0.15) is 8.78 Å². The number of benzene rings is 3. The van der Waals surface area contributed by atoms with E-state index < -0.39 is 12.7 Å². The summed E-state index contributed by atoms with van der Waals surface area (Å²) in [4.78, 5) is 46.3. The minimum atomic E-state index is -2.94. The lowest BCUT2D eigenvalue weighted by molar-refractivity contribution is -0.0498. The van der Waals surface area contributed by atoms with E-state index in [1.54, 1.807) is 53.4 Å². The van der Waals surface area contributed by atoms with Gasteiger partial charge in [-0.15, -0.1) is 0 Å². The highest BCUT2D eigenvalue weighted by Gasteiger charge is 2.32. The molecule has 0 fully saturated rings. The summed E-state index contributed by atoms with van der Waals surface area (Å²) < 4.78 is 31.2. The van der Waals surface area contributed by atoms with E-state index >= 15 is 0 Å². The van der Waals surface area contributed by atoms with Gasteiger partial charge in [-0.1, -0.05) is 35.3 Å². The summed E-state index contributed by atoms with van der Waals surface area (Å²) in [5, 5.41) is 6.43. The molecule has 0 saturated carbocycles. The molecule has 13 heteroatoms. The van der Waals surface area contributed by atoms with Gasteiger partial charge in [0.05, 0.1) is 34.0 Å². The summed E-state index contributed by atoms with van der Waals surface area (Å²) in [5.74, 6) is -0.342. The molecule has 5 rings (SSSR count). The fourth-order valence-corrected chi connectivity index (χ4v) is 5.48. The standard InChI is InChI=1S/C32H29Cl2F2N5O4/c1-17-14-24-27(16-40(17)29(43)21-8-13-25(33)26(34)15-21)39-32(38-18(2)19-6-11-23(12-7-19)45-31(35)36)41(30(24)44)22-9-4-20(5-10-22)28(42)37-3/h4-13,15,17-18,31H,14,16H2,1-3H3,(H,37,42)(H,38,39)/t17-,18+/m1/s1. The Bertz CT molecular complexity index is 1800. The van der Waals surface area contributed by atoms with Crippen molar-refractivity contribution in [2.24, 2.45) is 0 Å². The second kappa shape index (κ2) is 13.3. The lowest BCUT2D eigenvalue weighted by Gasteiger charge is -2.35. The van der Waals surface area contributed by atoms with Gasteiger partial charge in [0, 0.05) is 29.8 Å². The van der Waals surface area contributed by atoms with Crippen molar-refractivity contribution in [3.05, 3.63) is 115 Å². The lowest BCUT2D eigenvalue weighted by atomic mass is 9.98. The van der Waals surface area contributed by atoms with Crippen LogP contribution >= 0.6 is 23.2 Å². The number of nitrogens with one attached hydrogen (secondary N) is 2. The van der Waals surface area contributed by atoms with E-state index in [4.69, 9.17) is 28.2 Å². The molecule has 4 aromatic rings. The van der Waals surface area contributed by atoms with E-state index in [0.29, 0.717) is 33.1 Å². The monoisotopic (exact) mass is 655 g/mol. The minimum Gasteiger partial charge on any atom is -0.435 e. The quantitative estimate of drug-likeness (QED) is 0.232. The van der Waals surface area contributed by atoms with E-state index in [9.17, 15) is 23.2 Å². The van der Waals surface area contributed by atoms with Crippen LogP contribution in [0.25, 0.3) is 5.69 Å². The van der Waals surface area contributed by atoms with E-state index in [0.717, 1.165) is 5.56 Å². The molecule has 234 valence electrons. The van der Waals surface area contributed by atoms with Crippen LogP contribution in [0.15, 0.2) is 71.5 Å². The zero-order chi connectivity index (χ0) is 32.4. The molecule has 2 amide bonds. The Balaban J connectivity index is 1.54. The molecule has 2 N–H and O–H groups in total. The summed E-state index contributed by atoms with van der Waals surface area (Å²) in [7, 11) is 1.53. The SMILES string of the molecule is CNC(=O)c1ccc(-n2c(N[C@@H](C)c3ccc(OC(F)F)cc3)nc3c(c2=O)C[C@@H](C)N(C(=O)c2ccc(Cl)c(Cl)c2)C3)cc1. The number of anilines is 1. The average Bonchev–Trinajstić information content (AvgIpc) is 3.02. The maximum Gasteiger partial charge on any atom is 0.387 e. The number of rotatable bonds is 8. The zero-order valence-electron chi connectivity index (χ0n) is 24.5. The number of hydrogen-bond donors (Lipinski definition) is 2. The van der Waals surface area contributed by atoms with Gasteiger partial charge in [0.1, 0.15) is 5.75 Å². The van der Waals surface area contributed by atoms with Crippen LogP contribution in [-0.2, 0) is 13.0 Å². The highest BCUT2D eigenvalue weighted by molar-refractivity contribution is 6.42. The Morgan fingerprint density at radius 2 is 1.67 bits per heavy atom. The van der Waals surface area contributed by atoms with Crippen LogP contribution < -0.4 is 20.9 Å². The van der Waals surface area contributed by atoms with Gasteiger partial charge in [0.15, 0.2) is 0 Å². The first-order valence-corrected chi connectivity index (χ1v) is 14.8. The van der Waals surface area contributed by atoms with Gasteiger partial charge < -0.3 is 20.3 Å². The number of amides is 2. The lowest BCUT2D eigenvalue weighted by Crippen LogP contribution is -2.46. The average molecular weight is 657 g/mol. The summed E-state index contributed by atoms with van der Waals surface area (Å²) in [6, 6.07) is 16.5. The Hall–Kier alpha value is -4.48. The van der Waals surface area contributed by atoms with Crippen LogP contribution in [0.2, 0.25) is 10.0 Å². The molecule has 2 heterocycles. The molecule has 2 atom stereocenters. The largest absolute Gasteiger partial charge is 0.435 e. The van der Waals surface area contributed by atoms with E-state index in [-0.39, 0.29) is 53.1 Å². The van der Waals surface area contributed by atoms with Crippen molar-refractivity contribution in [3.63, 3.8) is 0 Å². The highest BCUT2D eigenvalue weighted by Crippen LogP contribution is 2.29. The maximum atomic E-state index is 14.1. The molecule has 45 heavy (non-hydrogen) atoms. The molecule has 0 spiro atoms. The molecule has 0 saturated heterocycles. The maximum absolute atomic E-state index is 14.1. The van der Waals surface area contributed by atoms with Gasteiger partial charge in [-0.05, 0) is 80.4 Å². The molecular weight excluding hydrogens is 627 g/mol. The first kappa shape index (κ1) is 31.9. The normalized spacial score (nSPS) is 14.9. The Morgan fingerprint density at radius 3 is 2.29 bits per heavy atom. The molecule has 0 bridgehead atoms. The third-order valence-electron chi connectivity index (χ3n) is 7.61. The third-order valence-corrected chi connectivity index (χ3v) is 8.35. The molecule has 0 unspecified atom stereocenters. The number of carbonyl (C=O) groups is 2. The summed E-state index contributed by atoms with van der Waals surface area (Å²) >= 11 is 12.2. The van der Waals surface area contributed by atoms with Crippen LogP contribution in [0.5, 0.6) is 5.75 Å². The molecular formula is C32H29Cl2F2N5O4. The van der Waals surface area contributed by atoms with Gasteiger partial charge in [0.25, 0.3) is 17.4 Å². The van der Waals surface area contributed by atoms with Crippen molar-refractivity contribution >= 4 is 41.0 Å². The number of alkyl halides is 2. The van der Waals surface area contributed by atoms with Crippen LogP contribution in [0.3, 0.4) is 0 Å². The molecule has 0 radical (unpaired) electrons. The fraction of sp³-hybridized carbons (Fsp3) is 0.250. The first-order valence-electron chi connectivity index (χ1n) is 14.0. The predicted octanol–water partition coefficient (Wildman–Crippen LogP) is 6.26. The Morgan fingerprint density at radius 1 is 1.00 bits per heavy atom.